The number of benzene rings is 1. The van der Waals surface area contributed by atoms with Gasteiger partial charge in [-0.15, -0.1) is 0 Å². The van der Waals surface area contributed by atoms with Crippen molar-refractivity contribution in [3.05, 3.63) is 33.8 Å². The molecule has 4 amide bonds. The molecule has 2 heterocycles. The largest absolute Gasteiger partial charge is 0.417 e. The molecule has 4 rings (SSSR count). The molecule has 8 nitrogen and oxygen atoms in total. The van der Waals surface area contributed by atoms with Crippen molar-refractivity contribution in [2.75, 3.05) is 33.5 Å². The minimum absolute atomic E-state index is 0.0193. The predicted molar refractivity (Wildman–Crippen MR) is 118 cm³/mol. The molecule has 35 heavy (non-hydrogen) atoms. The summed E-state index contributed by atoms with van der Waals surface area (Å²) in [6, 6.07) is 1.74. The van der Waals surface area contributed by atoms with E-state index >= 15 is 0 Å². The van der Waals surface area contributed by atoms with E-state index in [1.54, 1.807) is 7.11 Å². The van der Waals surface area contributed by atoms with Gasteiger partial charge in [-0.1, -0.05) is 11.6 Å². The van der Waals surface area contributed by atoms with Crippen LogP contribution in [0.4, 0.5) is 18.0 Å². The van der Waals surface area contributed by atoms with Gasteiger partial charge < -0.3 is 19.7 Å². The Morgan fingerprint density at radius 1 is 1.17 bits per heavy atom. The number of alkyl halides is 3. The van der Waals surface area contributed by atoms with Gasteiger partial charge in [-0.25, -0.2) is 4.79 Å². The number of halogens is 4. The summed E-state index contributed by atoms with van der Waals surface area (Å²) in [5.41, 5.74) is -1.10. The highest BCUT2D eigenvalue weighted by Gasteiger charge is 2.58. The van der Waals surface area contributed by atoms with Gasteiger partial charge >= 0.3 is 12.2 Å². The standard InChI is InChI=1S/C23H27ClF3N3O5/c1-34-8-9-35-7-6-30-20(32)22(16-2-3-16,28-21(30)33)5-4-19(31)29-12-14-10-17(23(25,26)27)18(24)11-15(14)13-29/h10-11,16H,2-9,12-13H2,1H3,(H,28,33)/t22-/m1/s1. The lowest BCUT2D eigenvalue weighted by molar-refractivity contribution is -0.137. The highest BCUT2D eigenvalue weighted by Crippen LogP contribution is 2.46. The fraction of sp³-hybridized carbons (Fsp3) is 0.609. The van der Waals surface area contributed by atoms with E-state index in [1.807, 2.05) is 0 Å². The fourth-order valence-electron chi connectivity index (χ4n) is 4.75. The Morgan fingerprint density at radius 2 is 1.86 bits per heavy atom. The molecule has 0 aromatic heterocycles. The van der Waals surface area contributed by atoms with Crippen LogP contribution >= 0.6 is 11.6 Å². The van der Waals surface area contributed by atoms with E-state index in [2.05, 4.69) is 5.32 Å². The van der Waals surface area contributed by atoms with E-state index in [0.29, 0.717) is 24.3 Å². The summed E-state index contributed by atoms with van der Waals surface area (Å²) in [5.74, 6) is -0.705. The third-order valence-corrected chi connectivity index (χ3v) is 7.08. The molecule has 1 aromatic rings. The van der Waals surface area contributed by atoms with Gasteiger partial charge in [-0.05, 0) is 48.4 Å². The van der Waals surface area contributed by atoms with Crippen LogP contribution in [0.15, 0.2) is 12.1 Å². The number of urea groups is 1. The van der Waals surface area contributed by atoms with Crippen LogP contribution in [0.25, 0.3) is 0 Å². The number of hydrogen-bond acceptors (Lipinski definition) is 5. The van der Waals surface area contributed by atoms with Gasteiger partial charge in [0.2, 0.25) is 5.91 Å². The van der Waals surface area contributed by atoms with Crippen LogP contribution < -0.4 is 5.32 Å². The van der Waals surface area contributed by atoms with Crippen molar-refractivity contribution in [3.63, 3.8) is 0 Å². The summed E-state index contributed by atoms with van der Waals surface area (Å²) >= 11 is 5.81. The summed E-state index contributed by atoms with van der Waals surface area (Å²) in [6.45, 7) is 1.20. The van der Waals surface area contributed by atoms with E-state index in [9.17, 15) is 27.6 Å². The maximum Gasteiger partial charge on any atom is 0.417 e. The predicted octanol–water partition coefficient (Wildman–Crippen LogP) is 3.34. The zero-order chi connectivity index (χ0) is 25.4. The first-order chi connectivity index (χ1) is 16.6. The molecule has 1 saturated heterocycles. The first-order valence-electron chi connectivity index (χ1n) is 11.4. The van der Waals surface area contributed by atoms with Crippen molar-refractivity contribution in [1.82, 2.24) is 15.1 Å². The Kier molecular flexibility index (Phi) is 7.31. The first kappa shape index (κ1) is 25.7. The van der Waals surface area contributed by atoms with Gasteiger partial charge in [-0.2, -0.15) is 13.2 Å². The molecule has 192 valence electrons. The Labute approximate surface area is 205 Å². The van der Waals surface area contributed by atoms with Crippen LogP contribution in [0.5, 0.6) is 0 Å². The van der Waals surface area contributed by atoms with Gasteiger partial charge in [0, 0.05) is 26.6 Å². The fourth-order valence-corrected chi connectivity index (χ4v) is 5.04. The Balaban J connectivity index is 1.38. The van der Waals surface area contributed by atoms with Gasteiger partial charge in [0.25, 0.3) is 5.91 Å². The number of carbonyl (C=O) groups excluding carboxylic acids is 3. The number of imide groups is 1. The van der Waals surface area contributed by atoms with E-state index in [4.69, 9.17) is 21.1 Å². The number of amides is 4. The molecule has 1 saturated carbocycles. The van der Waals surface area contributed by atoms with Gasteiger partial charge in [-0.3, -0.25) is 14.5 Å². The number of ether oxygens (including phenoxy) is 2. The first-order valence-corrected chi connectivity index (χ1v) is 11.8. The Morgan fingerprint density at radius 3 is 2.49 bits per heavy atom. The highest BCUT2D eigenvalue weighted by molar-refractivity contribution is 6.31. The monoisotopic (exact) mass is 517 g/mol. The number of hydrogen-bond donors (Lipinski definition) is 1. The topological polar surface area (TPSA) is 88.2 Å². The molecule has 0 unspecified atom stereocenters. The number of carbonyl (C=O) groups is 3. The summed E-state index contributed by atoms with van der Waals surface area (Å²) in [7, 11) is 1.54. The molecule has 2 fully saturated rings. The second kappa shape index (κ2) is 9.94. The quantitative estimate of drug-likeness (QED) is 0.380. The van der Waals surface area contributed by atoms with Gasteiger partial charge in [0.1, 0.15) is 5.54 Å². The lowest BCUT2D eigenvalue weighted by atomic mass is 9.87. The molecule has 1 atom stereocenters. The van der Waals surface area contributed by atoms with E-state index in [-0.39, 0.29) is 56.8 Å². The third-order valence-electron chi connectivity index (χ3n) is 6.77. The number of fused-ring (bicyclic) bond motifs is 1. The average Bonchev–Trinajstić information content (AvgIpc) is 3.52. The number of methoxy groups -OCH3 is 1. The smallest absolute Gasteiger partial charge is 0.382 e. The summed E-state index contributed by atoms with van der Waals surface area (Å²) < 4.78 is 49.8. The second-order valence-corrected chi connectivity index (χ2v) is 9.49. The minimum atomic E-state index is -4.58. The molecule has 1 aromatic carbocycles. The molecule has 12 heteroatoms. The van der Waals surface area contributed by atoms with E-state index in [1.165, 1.54) is 11.0 Å². The minimum Gasteiger partial charge on any atom is -0.382 e. The Hall–Kier alpha value is -2.37. The molecule has 0 spiro atoms. The lowest BCUT2D eigenvalue weighted by Gasteiger charge is -2.27. The van der Waals surface area contributed by atoms with Crippen LogP contribution in [-0.2, 0) is 38.3 Å². The van der Waals surface area contributed by atoms with Crippen LogP contribution in [0, 0.1) is 5.92 Å². The molecular formula is C23H27ClF3N3O5. The highest BCUT2D eigenvalue weighted by atomic mass is 35.5. The maximum absolute atomic E-state index is 13.2. The van der Waals surface area contributed by atoms with Crippen molar-refractivity contribution >= 4 is 29.4 Å². The molecular weight excluding hydrogens is 491 g/mol. The van der Waals surface area contributed by atoms with Crippen LogP contribution in [-0.4, -0.2) is 66.7 Å². The van der Waals surface area contributed by atoms with Crippen LogP contribution in [0.2, 0.25) is 5.02 Å². The lowest BCUT2D eigenvalue weighted by Crippen LogP contribution is -2.50. The zero-order valence-corrected chi connectivity index (χ0v) is 20.0. The normalized spacial score (nSPS) is 22.1. The molecule has 3 aliphatic rings. The number of rotatable bonds is 10. The van der Waals surface area contributed by atoms with Gasteiger partial charge in [0.15, 0.2) is 0 Å². The Bertz CT molecular complexity index is 1020. The summed E-state index contributed by atoms with van der Waals surface area (Å²) in [6.07, 6.45) is -2.93. The molecule has 0 bridgehead atoms. The molecule has 0 radical (unpaired) electrons. The van der Waals surface area contributed by atoms with Crippen LogP contribution in [0.3, 0.4) is 0 Å². The van der Waals surface area contributed by atoms with Gasteiger partial charge in [0.05, 0.1) is 37.0 Å². The number of nitrogens with one attached hydrogen (secondary N) is 1. The van der Waals surface area contributed by atoms with Crippen molar-refractivity contribution in [3.8, 4) is 0 Å². The summed E-state index contributed by atoms with van der Waals surface area (Å²) in [5, 5.41) is 2.42. The van der Waals surface area contributed by atoms with E-state index in [0.717, 1.165) is 23.8 Å². The summed E-state index contributed by atoms with van der Waals surface area (Å²) in [4.78, 5) is 41.3. The molecule has 1 N–H and O–H groups in total. The molecule has 2 aliphatic heterocycles. The van der Waals surface area contributed by atoms with Crippen molar-refractivity contribution in [1.29, 1.82) is 0 Å². The average molecular weight is 518 g/mol. The second-order valence-electron chi connectivity index (χ2n) is 9.09. The zero-order valence-electron chi connectivity index (χ0n) is 19.3. The number of nitrogens with zero attached hydrogens (tertiary/aromatic N) is 2. The maximum atomic E-state index is 13.2. The van der Waals surface area contributed by atoms with Crippen molar-refractivity contribution < 1.29 is 37.0 Å². The van der Waals surface area contributed by atoms with Crippen molar-refractivity contribution in [2.24, 2.45) is 5.92 Å². The van der Waals surface area contributed by atoms with E-state index < -0.39 is 28.3 Å². The molecule has 1 aliphatic carbocycles. The SMILES string of the molecule is COCCOCCN1C(=O)N[C@](CCC(=O)N2Cc3cc(Cl)c(C(F)(F)F)cc3C2)(C2CC2)C1=O. The van der Waals surface area contributed by atoms with Crippen LogP contribution in [0.1, 0.15) is 42.4 Å². The van der Waals surface area contributed by atoms with Crippen molar-refractivity contribution in [2.45, 2.75) is 50.5 Å². The third kappa shape index (κ3) is 5.26.